The van der Waals surface area contributed by atoms with E-state index in [1.165, 1.54) is 0 Å². The predicted molar refractivity (Wildman–Crippen MR) is 109 cm³/mol. The van der Waals surface area contributed by atoms with Crippen molar-refractivity contribution in [1.29, 1.82) is 0 Å². The van der Waals surface area contributed by atoms with Gasteiger partial charge in [0, 0.05) is 17.5 Å². The topological polar surface area (TPSA) is 46.2 Å². The molecule has 1 aliphatic carbocycles. The second kappa shape index (κ2) is 7.18. The third-order valence-electron chi connectivity index (χ3n) is 4.71. The van der Waals surface area contributed by atoms with Crippen LogP contribution >= 0.6 is 23.2 Å². The number of ketones is 1. The number of nitrogens with one attached hydrogen (secondary N) is 1. The third-order valence-corrected chi connectivity index (χ3v) is 5.45. The zero-order chi connectivity index (χ0) is 19.0. The fourth-order valence-corrected chi connectivity index (χ4v) is 3.71. The summed E-state index contributed by atoms with van der Waals surface area (Å²) in [6.45, 7) is 0. The highest BCUT2D eigenvalue weighted by atomic mass is 35.5. The van der Waals surface area contributed by atoms with E-state index in [9.17, 15) is 9.59 Å². The Bertz CT molecular complexity index is 1060. The van der Waals surface area contributed by atoms with Crippen molar-refractivity contribution in [3.63, 3.8) is 0 Å². The van der Waals surface area contributed by atoms with Crippen molar-refractivity contribution in [2.75, 3.05) is 5.32 Å². The number of halogens is 2. The molecule has 134 valence electrons. The number of Topliss-reactive ketones (excluding diaryl/α,β-unsaturated/α-hetero) is 1. The number of hydrogen-bond donors (Lipinski definition) is 1. The highest BCUT2D eigenvalue weighted by molar-refractivity contribution is 6.42. The molecule has 0 bridgehead atoms. The number of fused-ring (bicyclic) bond motifs is 1. The van der Waals surface area contributed by atoms with Crippen molar-refractivity contribution in [1.82, 2.24) is 0 Å². The van der Waals surface area contributed by atoms with Crippen LogP contribution in [0.15, 0.2) is 60.7 Å². The van der Waals surface area contributed by atoms with Gasteiger partial charge in [-0.15, -0.1) is 0 Å². The van der Waals surface area contributed by atoms with Crippen molar-refractivity contribution in [3.8, 4) is 11.1 Å². The number of benzene rings is 3. The lowest BCUT2D eigenvalue weighted by Gasteiger charge is -2.14. The van der Waals surface area contributed by atoms with E-state index in [2.05, 4.69) is 5.32 Å². The molecule has 1 N–H and O–H groups in total. The molecule has 27 heavy (non-hydrogen) atoms. The van der Waals surface area contributed by atoms with Crippen LogP contribution in [0.1, 0.15) is 32.7 Å². The van der Waals surface area contributed by atoms with Gasteiger partial charge in [-0.05, 0) is 53.4 Å². The predicted octanol–water partition coefficient (Wildman–Crippen LogP) is 6.04. The van der Waals surface area contributed by atoms with Gasteiger partial charge in [-0.2, -0.15) is 0 Å². The Hall–Kier alpha value is -2.62. The lowest BCUT2D eigenvalue weighted by molar-refractivity contribution is 0.0995. The lowest BCUT2D eigenvalue weighted by Crippen LogP contribution is -2.14. The van der Waals surface area contributed by atoms with Crippen LogP contribution in [0.3, 0.4) is 0 Å². The molecule has 3 nitrogen and oxygen atoms in total. The summed E-state index contributed by atoms with van der Waals surface area (Å²) in [5.41, 5.74) is 4.45. The molecule has 1 amide bonds. The normalized spacial score (nSPS) is 12.7. The lowest BCUT2D eigenvalue weighted by atomic mass is 9.95. The van der Waals surface area contributed by atoms with Crippen LogP contribution in [0.25, 0.3) is 11.1 Å². The van der Waals surface area contributed by atoms with Gasteiger partial charge in [0.2, 0.25) is 0 Å². The number of carbonyl (C=O) groups is 2. The van der Waals surface area contributed by atoms with E-state index in [1.807, 2.05) is 18.2 Å². The van der Waals surface area contributed by atoms with Crippen LogP contribution in [0, 0.1) is 0 Å². The van der Waals surface area contributed by atoms with Crippen molar-refractivity contribution >= 4 is 40.6 Å². The van der Waals surface area contributed by atoms with Crippen LogP contribution in [0.4, 0.5) is 5.69 Å². The zero-order valence-electron chi connectivity index (χ0n) is 14.3. The van der Waals surface area contributed by atoms with Gasteiger partial charge in [0.1, 0.15) is 0 Å². The third kappa shape index (κ3) is 3.36. The molecule has 0 atom stereocenters. The van der Waals surface area contributed by atoms with Gasteiger partial charge < -0.3 is 5.32 Å². The molecule has 3 aromatic carbocycles. The standard InChI is InChI=1S/C22H15Cl2NO2/c23-17-9-6-14(12-18(17)24)15-7-10-19(21-16(15)8-11-20(21)26)25-22(27)13-4-2-1-3-5-13/h1-7,9-10,12H,8,11H2,(H,25,27). The maximum atomic E-state index is 12.5. The number of rotatable bonds is 3. The quantitative estimate of drug-likeness (QED) is 0.587. The SMILES string of the molecule is O=C(Nc1ccc(-c2ccc(Cl)c(Cl)c2)c2c1C(=O)CC2)c1ccccc1. The maximum Gasteiger partial charge on any atom is 0.255 e. The monoisotopic (exact) mass is 395 g/mol. The largest absolute Gasteiger partial charge is 0.321 e. The molecule has 0 saturated heterocycles. The van der Waals surface area contributed by atoms with E-state index >= 15 is 0 Å². The second-order valence-electron chi connectivity index (χ2n) is 6.39. The summed E-state index contributed by atoms with van der Waals surface area (Å²) in [4.78, 5) is 25.0. The Morgan fingerprint density at radius 3 is 2.41 bits per heavy atom. The minimum Gasteiger partial charge on any atom is -0.321 e. The number of amides is 1. The van der Waals surface area contributed by atoms with Crippen molar-refractivity contribution in [3.05, 3.63) is 87.4 Å². The molecule has 0 unspecified atom stereocenters. The molecule has 5 heteroatoms. The summed E-state index contributed by atoms with van der Waals surface area (Å²) in [5.74, 6) is -0.199. The number of anilines is 1. The summed E-state index contributed by atoms with van der Waals surface area (Å²) >= 11 is 12.2. The zero-order valence-corrected chi connectivity index (χ0v) is 15.8. The molecule has 3 aromatic rings. The van der Waals surface area contributed by atoms with Gasteiger partial charge in [-0.25, -0.2) is 0 Å². The molecular formula is C22H15Cl2NO2. The Morgan fingerprint density at radius 1 is 0.889 bits per heavy atom. The fraction of sp³-hybridized carbons (Fsp3) is 0.0909. The van der Waals surface area contributed by atoms with E-state index in [4.69, 9.17) is 23.2 Å². The fourth-order valence-electron chi connectivity index (χ4n) is 3.41. The molecule has 0 saturated carbocycles. The minimum atomic E-state index is -0.236. The Balaban J connectivity index is 1.75. The number of carbonyl (C=O) groups excluding carboxylic acids is 2. The van der Waals surface area contributed by atoms with Crippen LogP contribution in [-0.4, -0.2) is 11.7 Å². The number of hydrogen-bond acceptors (Lipinski definition) is 2. The highest BCUT2D eigenvalue weighted by Gasteiger charge is 2.27. The smallest absolute Gasteiger partial charge is 0.255 e. The van der Waals surface area contributed by atoms with Gasteiger partial charge in [0.05, 0.1) is 15.7 Å². The second-order valence-corrected chi connectivity index (χ2v) is 7.20. The molecule has 0 fully saturated rings. The van der Waals surface area contributed by atoms with Gasteiger partial charge >= 0.3 is 0 Å². The first-order valence-corrected chi connectivity index (χ1v) is 9.31. The summed E-state index contributed by atoms with van der Waals surface area (Å²) in [5, 5.41) is 3.83. The summed E-state index contributed by atoms with van der Waals surface area (Å²) in [6, 6.07) is 18.0. The van der Waals surface area contributed by atoms with Gasteiger partial charge in [-0.1, -0.05) is 53.5 Å². The van der Waals surface area contributed by atoms with Crippen molar-refractivity contribution < 1.29 is 9.59 Å². The maximum absolute atomic E-state index is 12.5. The van der Waals surface area contributed by atoms with Crippen molar-refractivity contribution in [2.24, 2.45) is 0 Å². The van der Waals surface area contributed by atoms with Gasteiger partial charge in [0.15, 0.2) is 5.78 Å². The van der Waals surface area contributed by atoms with Crippen LogP contribution in [0.2, 0.25) is 10.0 Å². The van der Waals surface area contributed by atoms with Crippen LogP contribution in [-0.2, 0) is 6.42 Å². The first kappa shape index (κ1) is 17.8. The van der Waals surface area contributed by atoms with Gasteiger partial charge in [0.25, 0.3) is 5.91 Å². The summed E-state index contributed by atoms with van der Waals surface area (Å²) in [7, 11) is 0. The molecule has 0 heterocycles. The van der Waals surface area contributed by atoms with E-state index in [-0.39, 0.29) is 11.7 Å². The molecule has 0 spiro atoms. The van der Waals surface area contributed by atoms with Gasteiger partial charge in [-0.3, -0.25) is 9.59 Å². The molecular weight excluding hydrogens is 381 g/mol. The Kier molecular flexibility index (Phi) is 4.73. The average molecular weight is 396 g/mol. The van der Waals surface area contributed by atoms with Crippen LogP contribution in [0.5, 0.6) is 0 Å². The molecule has 1 aliphatic rings. The average Bonchev–Trinajstić information content (AvgIpc) is 3.07. The van der Waals surface area contributed by atoms with E-state index in [0.717, 1.165) is 16.7 Å². The first-order chi connectivity index (χ1) is 13.0. The van der Waals surface area contributed by atoms with E-state index in [1.54, 1.807) is 42.5 Å². The van der Waals surface area contributed by atoms with E-state index < -0.39 is 0 Å². The first-order valence-electron chi connectivity index (χ1n) is 8.55. The highest BCUT2D eigenvalue weighted by Crippen LogP contribution is 2.38. The Morgan fingerprint density at radius 2 is 1.67 bits per heavy atom. The van der Waals surface area contributed by atoms with E-state index in [0.29, 0.717) is 39.7 Å². The summed E-state index contributed by atoms with van der Waals surface area (Å²) in [6.07, 6.45) is 1.07. The summed E-state index contributed by atoms with van der Waals surface area (Å²) < 4.78 is 0. The van der Waals surface area contributed by atoms with Crippen molar-refractivity contribution in [2.45, 2.75) is 12.8 Å². The molecule has 0 aliphatic heterocycles. The molecule has 0 aromatic heterocycles. The molecule has 0 radical (unpaired) electrons. The van der Waals surface area contributed by atoms with Crippen LogP contribution < -0.4 is 5.32 Å². The Labute approximate surface area is 166 Å². The minimum absolute atomic E-state index is 0.0373. The molecule has 4 rings (SSSR count).